The lowest BCUT2D eigenvalue weighted by Crippen LogP contribution is -2.31. The summed E-state index contributed by atoms with van der Waals surface area (Å²) in [7, 11) is 0. The molecule has 6 nitrogen and oxygen atoms in total. The number of carbonyl (C=O) groups excluding carboxylic acids is 2. The van der Waals surface area contributed by atoms with Crippen molar-refractivity contribution >= 4 is 29.5 Å². The molecule has 24 heavy (non-hydrogen) atoms. The fourth-order valence-electron chi connectivity index (χ4n) is 2.00. The molecule has 0 aliphatic carbocycles. The smallest absolute Gasteiger partial charge is 0.317 e. The first-order valence-corrected chi connectivity index (χ1v) is 8.67. The number of nitrogens with zero attached hydrogens (tertiary/aromatic N) is 2. The lowest BCUT2D eigenvalue weighted by molar-refractivity contribution is -0.150. The highest BCUT2D eigenvalue weighted by Gasteiger charge is 2.19. The largest absolute Gasteiger partial charge is 0.452 e. The Morgan fingerprint density at radius 2 is 1.92 bits per heavy atom. The molecule has 1 aromatic carbocycles. The van der Waals surface area contributed by atoms with Crippen molar-refractivity contribution in [3.8, 4) is 0 Å². The Balaban J connectivity index is 1.82. The van der Waals surface area contributed by atoms with Crippen molar-refractivity contribution in [3.63, 3.8) is 0 Å². The van der Waals surface area contributed by atoms with Crippen LogP contribution in [0.2, 0.25) is 0 Å². The topological polar surface area (TPSA) is 73.2 Å². The standard InChI is InChI=1S/C17H21N3O3S/c1-12(2)20-15(9-10-18-20)19-17(22)13(3)23-16(21)11-24-14-7-5-4-6-8-14/h4-10,12-13H,11H2,1-3H3,(H,19,22)/t13-/m0/s1. The van der Waals surface area contributed by atoms with Crippen LogP contribution in [0.5, 0.6) is 0 Å². The van der Waals surface area contributed by atoms with Crippen LogP contribution in [0.1, 0.15) is 26.8 Å². The number of ether oxygens (including phenoxy) is 1. The number of rotatable bonds is 7. The average Bonchev–Trinajstić information content (AvgIpc) is 3.02. The van der Waals surface area contributed by atoms with Crippen molar-refractivity contribution < 1.29 is 14.3 Å². The molecule has 1 amide bonds. The van der Waals surface area contributed by atoms with Crippen molar-refractivity contribution in [2.24, 2.45) is 0 Å². The maximum Gasteiger partial charge on any atom is 0.317 e. The first-order chi connectivity index (χ1) is 11.5. The third-order valence-corrected chi connectivity index (χ3v) is 4.17. The molecule has 0 bridgehead atoms. The quantitative estimate of drug-likeness (QED) is 0.615. The molecule has 0 fully saturated rings. The van der Waals surface area contributed by atoms with Gasteiger partial charge in [0.25, 0.3) is 5.91 Å². The Labute approximate surface area is 145 Å². The van der Waals surface area contributed by atoms with Crippen LogP contribution in [-0.2, 0) is 14.3 Å². The van der Waals surface area contributed by atoms with Crippen molar-refractivity contribution in [1.82, 2.24) is 9.78 Å². The van der Waals surface area contributed by atoms with Crippen LogP contribution >= 0.6 is 11.8 Å². The molecule has 1 aromatic heterocycles. The summed E-state index contributed by atoms with van der Waals surface area (Å²) in [5, 5.41) is 6.87. The van der Waals surface area contributed by atoms with Crippen molar-refractivity contribution in [1.29, 1.82) is 0 Å². The van der Waals surface area contributed by atoms with Gasteiger partial charge in [0.05, 0.1) is 11.9 Å². The van der Waals surface area contributed by atoms with Crippen LogP contribution in [0.25, 0.3) is 0 Å². The summed E-state index contributed by atoms with van der Waals surface area (Å²) < 4.78 is 6.87. The second-order valence-corrected chi connectivity index (χ2v) is 6.53. The van der Waals surface area contributed by atoms with E-state index in [1.54, 1.807) is 23.9 Å². The number of thioether (sulfide) groups is 1. The van der Waals surface area contributed by atoms with Gasteiger partial charge in [-0.15, -0.1) is 11.8 Å². The maximum atomic E-state index is 12.2. The van der Waals surface area contributed by atoms with Gasteiger partial charge in [0, 0.05) is 17.0 Å². The number of hydrogen-bond donors (Lipinski definition) is 1. The summed E-state index contributed by atoms with van der Waals surface area (Å²) in [6.07, 6.45) is 0.743. The Morgan fingerprint density at radius 1 is 1.21 bits per heavy atom. The zero-order valence-corrected chi connectivity index (χ0v) is 14.7. The van der Waals surface area contributed by atoms with Gasteiger partial charge in [-0.05, 0) is 32.9 Å². The van der Waals surface area contributed by atoms with Gasteiger partial charge in [-0.3, -0.25) is 9.59 Å². The summed E-state index contributed by atoms with van der Waals surface area (Å²) in [5.41, 5.74) is 0. The van der Waals surface area contributed by atoms with Crippen LogP contribution in [0.15, 0.2) is 47.5 Å². The first-order valence-electron chi connectivity index (χ1n) is 7.69. The molecule has 0 radical (unpaired) electrons. The summed E-state index contributed by atoms with van der Waals surface area (Å²) in [4.78, 5) is 25.0. The van der Waals surface area contributed by atoms with Gasteiger partial charge in [-0.25, -0.2) is 4.68 Å². The molecule has 128 valence electrons. The number of carbonyl (C=O) groups is 2. The number of amides is 1. The molecular formula is C17H21N3O3S. The van der Waals surface area contributed by atoms with E-state index >= 15 is 0 Å². The van der Waals surface area contributed by atoms with E-state index in [0.717, 1.165) is 4.90 Å². The summed E-state index contributed by atoms with van der Waals surface area (Å²) in [5.74, 6) is -0.0677. The second-order valence-electron chi connectivity index (χ2n) is 5.48. The molecule has 2 rings (SSSR count). The van der Waals surface area contributed by atoms with Gasteiger partial charge in [0.15, 0.2) is 6.10 Å². The van der Waals surface area contributed by atoms with Crippen LogP contribution in [0, 0.1) is 0 Å². The zero-order chi connectivity index (χ0) is 17.5. The lowest BCUT2D eigenvalue weighted by atomic mass is 10.3. The zero-order valence-electron chi connectivity index (χ0n) is 13.9. The van der Waals surface area contributed by atoms with E-state index in [2.05, 4.69) is 10.4 Å². The van der Waals surface area contributed by atoms with Gasteiger partial charge < -0.3 is 10.1 Å². The predicted molar refractivity (Wildman–Crippen MR) is 94.0 cm³/mol. The normalized spacial score (nSPS) is 12.0. The second kappa shape index (κ2) is 8.54. The number of aromatic nitrogens is 2. The summed E-state index contributed by atoms with van der Waals surface area (Å²) >= 11 is 1.37. The van der Waals surface area contributed by atoms with E-state index in [-0.39, 0.29) is 17.7 Å². The molecule has 0 unspecified atom stereocenters. The average molecular weight is 347 g/mol. The van der Waals surface area contributed by atoms with E-state index in [9.17, 15) is 9.59 Å². The van der Waals surface area contributed by atoms with E-state index in [0.29, 0.717) is 5.82 Å². The van der Waals surface area contributed by atoms with Gasteiger partial charge >= 0.3 is 5.97 Å². The van der Waals surface area contributed by atoms with Crippen LogP contribution in [0.3, 0.4) is 0 Å². The summed E-state index contributed by atoms with van der Waals surface area (Å²) in [6.45, 7) is 5.48. The number of nitrogens with one attached hydrogen (secondary N) is 1. The van der Waals surface area contributed by atoms with Crippen molar-refractivity contribution in [2.75, 3.05) is 11.1 Å². The minimum Gasteiger partial charge on any atom is -0.452 e. The monoisotopic (exact) mass is 347 g/mol. The molecule has 1 heterocycles. The van der Waals surface area contributed by atoms with Crippen molar-refractivity contribution in [2.45, 2.75) is 37.8 Å². The molecule has 0 spiro atoms. The summed E-state index contributed by atoms with van der Waals surface area (Å²) in [6, 6.07) is 11.4. The molecule has 0 aliphatic heterocycles. The highest BCUT2D eigenvalue weighted by atomic mass is 32.2. The minimum atomic E-state index is -0.871. The fourth-order valence-corrected chi connectivity index (χ4v) is 2.70. The first kappa shape index (κ1) is 18.1. The molecule has 1 atom stereocenters. The Morgan fingerprint density at radius 3 is 2.58 bits per heavy atom. The van der Waals surface area contributed by atoms with Gasteiger partial charge in [-0.2, -0.15) is 5.10 Å². The van der Waals surface area contributed by atoms with Crippen LogP contribution < -0.4 is 5.32 Å². The molecule has 0 saturated heterocycles. The molecule has 2 aromatic rings. The third-order valence-electron chi connectivity index (χ3n) is 3.19. The highest BCUT2D eigenvalue weighted by molar-refractivity contribution is 8.00. The SMILES string of the molecule is CC(C)n1nccc1NC(=O)[C@H](C)OC(=O)CSc1ccccc1. The van der Waals surface area contributed by atoms with Gasteiger partial charge in [0.1, 0.15) is 5.82 Å². The number of hydrogen-bond acceptors (Lipinski definition) is 5. The van der Waals surface area contributed by atoms with Gasteiger partial charge in [-0.1, -0.05) is 18.2 Å². The Bertz CT molecular complexity index is 685. The van der Waals surface area contributed by atoms with E-state index in [4.69, 9.17) is 4.74 Å². The van der Waals surface area contributed by atoms with E-state index < -0.39 is 12.1 Å². The number of anilines is 1. The predicted octanol–water partition coefficient (Wildman–Crippen LogP) is 3.13. The molecule has 0 aliphatic rings. The van der Waals surface area contributed by atoms with Gasteiger partial charge in [0.2, 0.25) is 0 Å². The molecular weight excluding hydrogens is 326 g/mol. The molecule has 7 heteroatoms. The van der Waals surface area contributed by atoms with Crippen molar-refractivity contribution in [3.05, 3.63) is 42.6 Å². The lowest BCUT2D eigenvalue weighted by Gasteiger charge is -2.15. The third kappa shape index (κ3) is 5.13. The van der Waals surface area contributed by atoms with Crippen LogP contribution in [0.4, 0.5) is 5.82 Å². The Hall–Kier alpha value is -2.28. The maximum absolute atomic E-state index is 12.2. The highest BCUT2D eigenvalue weighted by Crippen LogP contribution is 2.17. The van der Waals surface area contributed by atoms with E-state index in [1.807, 2.05) is 44.2 Å². The number of benzene rings is 1. The van der Waals surface area contributed by atoms with Crippen LogP contribution in [-0.4, -0.2) is 33.5 Å². The Kier molecular flexibility index (Phi) is 6.43. The van der Waals surface area contributed by atoms with E-state index in [1.165, 1.54) is 11.8 Å². The number of esters is 1. The minimum absolute atomic E-state index is 0.121. The fraction of sp³-hybridized carbons (Fsp3) is 0.353. The molecule has 0 saturated carbocycles. The molecule has 1 N–H and O–H groups in total.